The molecule has 0 unspecified atom stereocenters. The van der Waals surface area contributed by atoms with Gasteiger partial charge in [0, 0.05) is 19.2 Å². The molecule has 2 rings (SSSR count). The lowest BCUT2D eigenvalue weighted by Crippen LogP contribution is -2.30. The van der Waals surface area contributed by atoms with Crippen LogP contribution >= 0.6 is 0 Å². The fourth-order valence-electron chi connectivity index (χ4n) is 2.30. The number of hydrogen-bond acceptors (Lipinski definition) is 2. The van der Waals surface area contributed by atoms with Crippen LogP contribution in [0.3, 0.4) is 0 Å². The van der Waals surface area contributed by atoms with E-state index in [2.05, 4.69) is 6.07 Å². The predicted octanol–water partition coefficient (Wildman–Crippen LogP) is 2.97. The van der Waals surface area contributed by atoms with Crippen LogP contribution in [0.1, 0.15) is 36.8 Å². The van der Waals surface area contributed by atoms with Gasteiger partial charge >= 0.3 is 0 Å². The lowest BCUT2D eigenvalue weighted by Gasteiger charge is -2.17. The van der Waals surface area contributed by atoms with Gasteiger partial charge < -0.3 is 4.90 Å². The second kappa shape index (κ2) is 6.75. The Labute approximate surface area is 114 Å². The van der Waals surface area contributed by atoms with Crippen molar-refractivity contribution in [3.05, 3.63) is 41.5 Å². The van der Waals surface area contributed by atoms with Gasteiger partial charge in [-0.3, -0.25) is 4.79 Å². The molecule has 0 atom stereocenters. The summed E-state index contributed by atoms with van der Waals surface area (Å²) in [5.41, 5.74) is 1.40. The van der Waals surface area contributed by atoms with Gasteiger partial charge in [0.1, 0.15) is 0 Å². The van der Waals surface area contributed by atoms with Crippen LogP contribution in [0.2, 0.25) is 0 Å². The molecule has 0 bridgehead atoms. The minimum Gasteiger partial charge on any atom is -0.339 e. The van der Waals surface area contributed by atoms with Gasteiger partial charge in [-0.05, 0) is 30.5 Å². The molecule has 19 heavy (non-hydrogen) atoms. The molecule has 0 radical (unpaired) electrons. The predicted molar refractivity (Wildman–Crippen MR) is 75.2 cm³/mol. The van der Waals surface area contributed by atoms with Gasteiger partial charge in [-0.1, -0.05) is 31.0 Å². The van der Waals surface area contributed by atoms with Crippen molar-refractivity contribution in [2.75, 3.05) is 13.1 Å². The monoisotopic (exact) mass is 254 g/mol. The molecular formula is C16H18N2O. The highest BCUT2D eigenvalue weighted by molar-refractivity contribution is 5.92. The molecule has 1 aliphatic heterocycles. The van der Waals surface area contributed by atoms with Crippen molar-refractivity contribution < 1.29 is 4.79 Å². The summed E-state index contributed by atoms with van der Waals surface area (Å²) in [6.45, 7) is 1.70. The largest absolute Gasteiger partial charge is 0.339 e. The fourth-order valence-corrected chi connectivity index (χ4v) is 2.30. The maximum atomic E-state index is 12.1. The zero-order valence-corrected chi connectivity index (χ0v) is 11.0. The van der Waals surface area contributed by atoms with Gasteiger partial charge in [0.25, 0.3) is 0 Å². The average molecular weight is 254 g/mol. The SMILES string of the molecule is N#Cc1ccccc1/C=C/C(=O)N1CCCCCC1. The van der Waals surface area contributed by atoms with Crippen LogP contribution in [0.5, 0.6) is 0 Å². The summed E-state index contributed by atoms with van der Waals surface area (Å²) in [6, 6.07) is 9.44. The molecule has 0 spiro atoms. The third kappa shape index (κ3) is 3.69. The Morgan fingerprint density at radius 3 is 2.53 bits per heavy atom. The van der Waals surface area contributed by atoms with Crippen LogP contribution in [0.25, 0.3) is 6.08 Å². The number of nitriles is 1. The summed E-state index contributed by atoms with van der Waals surface area (Å²) in [4.78, 5) is 14.0. The summed E-state index contributed by atoms with van der Waals surface area (Å²) >= 11 is 0. The summed E-state index contributed by atoms with van der Waals surface area (Å²) in [7, 11) is 0. The minimum atomic E-state index is 0.0506. The fraction of sp³-hybridized carbons (Fsp3) is 0.375. The molecule has 0 aromatic heterocycles. The van der Waals surface area contributed by atoms with E-state index in [9.17, 15) is 4.79 Å². The van der Waals surface area contributed by atoms with Crippen LogP contribution < -0.4 is 0 Å². The number of benzene rings is 1. The van der Waals surface area contributed by atoms with Crippen molar-refractivity contribution in [2.24, 2.45) is 0 Å². The first kappa shape index (κ1) is 13.4. The number of rotatable bonds is 2. The van der Waals surface area contributed by atoms with Crippen LogP contribution in [-0.2, 0) is 4.79 Å². The summed E-state index contributed by atoms with van der Waals surface area (Å²) in [5.74, 6) is 0.0506. The highest BCUT2D eigenvalue weighted by Crippen LogP contribution is 2.12. The lowest BCUT2D eigenvalue weighted by molar-refractivity contribution is -0.125. The number of likely N-dealkylation sites (tertiary alicyclic amines) is 1. The Hall–Kier alpha value is -2.08. The molecule has 0 saturated carbocycles. The maximum Gasteiger partial charge on any atom is 0.246 e. The van der Waals surface area contributed by atoms with Gasteiger partial charge in [0.05, 0.1) is 11.6 Å². The molecule has 3 heteroatoms. The van der Waals surface area contributed by atoms with Crippen molar-refractivity contribution in [3.63, 3.8) is 0 Å². The van der Waals surface area contributed by atoms with Crippen molar-refractivity contribution in [1.29, 1.82) is 5.26 Å². The Morgan fingerprint density at radius 1 is 1.16 bits per heavy atom. The molecule has 0 N–H and O–H groups in total. The molecule has 1 aromatic rings. The molecule has 1 aromatic carbocycles. The molecule has 1 fully saturated rings. The first-order valence-corrected chi connectivity index (χ1v) is 6.77. The number of carbonyl (C=O) groups excluding carboxylic acids is 1. The normalized spacial score (nSPS) is 16.1. The highest BCUT2D eigenvalue weighted by Gasteiger charge is 2.12. The summed E-state index contributed by atoms with van der Waals surface area (Å²) in [6.07, 6.45) is 7.94. The van der Waals surface area contributed by atoms with E-state index in [0.717, 1.165) is 31.5 Å². The van der Waals surface area contributed by atoms with Crippen molar-refractivity contribution in [1.82, 2.24) is 4.90 Å². The maximum absolute atomic E-state index is 12.1. The van der Waals surface area contributed by atoms with Gasteiger partial charge in [-0.25, -0.2) is 0 Å². The van der Waals surface area contributed by atoms with Crippen LogP contribution in [0, 0.1) is 11.3 Å². The quantitative estimate of drug-likeness (QED) is 0.761. The third-order valence-corrected chi connectivity index (χ3v) is 3.40. The topological polar surface area (TPSA) is 44.1 Å². The Balaban J connectivity index is 2.05. The molecule has 3 nitrogen and oxygen atoms in total. The van der Waals surface area contributed by atoms with E-state index >= 15 is 0 Å². The highest BCUT2D eigenvalue weighted by atomic mass is 16.2. The number of carbonyl (C=O) groups is 1. The Kier molecular flexibility index (Phi) is 4.74. The standard InChI is InChI=1S/C16H18N2O/c17-13-15-8-4-3-7-14(15)9-10-16(19)18-11-5-1-2-6-12-18/h3-4,7-10H,1-2,5-6,11-12H2/b10-9+. The minimum absolute atomic E-state index is 0.0506. The van der Waals surface area contributed by atoms with E-state index in [1.165, 1.54) is 12.8 Å². The van der Waals surface area contributed by atoms with E-state index in [1.54, 1.807) is 18.2 Å². The molecule has 1 saturated heterocycles. The van der Waals surface area contributed by atoms with Crippen LogP contribution in [0.4, 0.5) is 0 Å². The number of hydrogen-bond donors (Lipinski definition) is 0. The molecular weight excluding hydrogens is 236 g/mol. The molecule has 0 aliphatic carbocycles. The first-order chi connectivity index (χ1) is 9.31. The van der Waals surface area contributed by atoms with Crippen molar-refractivity contribution in [2.45, 2.75) is 25.7 Å². The molecule has 1 heterocycles. The Morgan fingerprint density at radius 2 is 1.84 bits per heavy atom. The second-order valence-electron chi connectivity index (χ2n) is 4.77. The number of amides is 1. The summed E-state index contributed by atoms with van der Waals surface area (Å²) in [5, 5.41) is 8.99. The van der Waals surface area contributed by atoms with E-state index in [0.29, 0.717) is 5.56 Å². The van der Waals surface area contributed by atoms with Crippen LogP contribution in [-0.4, -0.2) is 23.9 Å². The van der Waals surface area contributed by atoms with Gasteiger partial charge in [0.2, 0.25) is 5.91 Å². The zero-order valence-electron chi connectivity index (χ0n) is 11.0. The first-order valence-electron chi connectivity index (χ1n) is 6.77. The Bertz CT molecular complexity index is 506. The second-order valence-corrected chi connectivity index (χ2v) is 4.77. The van der Waals surface area contributed by atoms with E-state index in [-0.39, 0.29) is 5.91 Å². The van der Waals surface area contributed by atoms with Gasteiger partial charge in [-0.15, -0.1) is 0 Å². The van der Waals surface area contributed by atoms with Crippen molar-refractivity contribution >= 4 is 12.0 Å². The third-order valence-electron chi connectivity index (χ3n) is 3.40. The molecule has 1 aliphatic rings. The van der Waals surface area contributed by atoms with Crippen LogP contribution in [0.15, 0.2) is 30.3 Å². The molecule has 1 amide bonds. The zero-order chi connectivity index (χ0) is 13.5. The van der Waals surface area contributed by atoms with Gasteiger partial charge in [-0.2, -0.15) is 5.26 Å². The average Bonchev–Trinajstić information content (AvgIpc) is 2.74. The summed E-state index contributed by atoms with van der Waals surface area (Å²) < 4.78 is 0. The lowest BCUT2D eigenvalue weighted by atomic mass is 10.1. The van der Waals surface area contributed by atoms with Crippen molar-refractivity contribution in [3.8, 4) is 6.07 Å². The van der Waals surface area contributed by atoms with E-state index < -0.39 is 0 Å². The van der Waals surface area contributed by atoms with E-state index in [1.807, 2.05) is 23.1 Å². The smallest absolute Gasteiger partial charge is 0.246 e. The van der Waals surface area contributed by atoms with Gasteiger partial charge in [0.15, 0.2) is 0 Å². The van der Waals surface area contributed by atoms with E-state index in [4.69, 9.17) is 5.26 Å². The number of nitrogens with zero attached hydrogens (tertiary/aromatic N) is 2. The molecule has 98 valence electrons.